The molecule has 1 aromatic carbocycles. The molecule has 1 radical (unpaired) electrons. The van der Waals surface area contributed by atoms with Crippen molar-refractivity contribution in [1.29, 1.82) is 0 Å². The lowest BCUT2D eigenvalue weighted by Crippen LogP contribution is -1.98. The van der Waals surface area contributed by atoms with E-state index in [-0.39, 0.29) is 6.42 Å². The maximum atomic E-state index is 10.4. The summed E-state index contributed by atoms with van der Waals surface area (Å²) in [6, 6.07) is 6.16. The van der Waals surface area contributed by atoms with E-state index in [0.29, 0.717) is 17.4 Å². The van der Waals surface area contributed by atoms with Crippen molar-refractivity contribution in [3.05, 3.63) is 28.8 Å². The molecule has 0 aromatic heterocycles. The van der Waals surface area contributed by atoms with E-state index in [0.717, 1.165) is 10.9 Å². The van der Waals surface area contributed by atoms with Crippen LogP contribution in [-0.2, 0) is 16.7 Å². The van der Waals surface area contributed by atoms with E-state index in [4.69, 9.17) is 16.3 Å². The second-order valence-corrected chi connectivity index (χ2v) is 3.94. The van der Waals surface area contributed by atoms with Crippen molar-refractivity contribution in [2.75, 3.05) is 6.61 Å². The number of halogens is 1. The first-order chi connectivity index (χ1) is 7.15. The molecular formula is C10H10ClO3S. The van der Waals surface area contributed by atoms with Gasteiger partial charge in [-0.15, -0.1) is 0 Å². The van der Waals surface area contributed by atoms with Gasteiger partial charge in [-0.3, -0.25) is 0 Å². The van der Waals surface area contributed by atoms with Gasteiger partial charge in [-0.1, -0.05) is 23.7 Å². The van der Waals surface area contributed by atoms with Crippen molar-refractivity contribution < 1.29 is 13.2 Å². The number of benzene rings is 1. The van der Waals surface area contributed by atoms with Crippen LogP contribution in [0.2, 0.25) is 5.02 Å². The Hall–Kier alpha value is -1.00. The van der Waals surface area contributed by atoms with E-state index in [1.54, 1.807) is 12.1 Å². The van der Waals surface area contributed by atoms with Crippen LogP contribution in [0.25, 0.3) is 0 Å². The van der Waals surface area contributed by atoms with Gasteiger partial charge < -0.3 is 4.74 Å². The quantitative estimate of drug-likeness (QED) is 0.760. The lowest BCUT2D eigenvalue weighted by atomic mass is 10.1. The van der Waals surface area contributed by atoms with Crippen molar-refractivity contribution >= 4 is 27.3 Å². The molecule has 0 fully saturated rings. The second kappa shape index (κ2) is 5.78. The Kier molecular flexibility index (Phi) is 4.65. The Morgan fingerprint density at radius 3 is 2.93 bits per heavy atom. The summed E-state index contributed by atoms with van der Waals surface area (Å²) in [4.78, 5) is 0. The zero-order chi connectivity index (χ0) is 11.3. The molecule has 0 saturated carbocycles. The lowest BCUT2D eigenvalue weighted by Gasteiger charge is -2.09. The van der Waals surface area contributed by atoms with E-state index in [2.05, 4.69) is 6.07 Å². The van der Waals surface area contributed by atoms with Crippen LogP contribution >= 0.6 is 11.6 Å². The molecule has 0 aliphatic heterocycles. The van der Waals surface area contributed by atoms with Crippen LogP contribution < -0.4 is 4.74 Å². The van der Waals surface area contributed by atoms with Gasteiger partial charge in [0.2, 0.25) is 10.3 Å². The largest absolute Gasteiger partial charge is 0.492 e. The summed E-state index contributed by atoms with van der Waals surface area (Å²) < 4.78 is 26.1. The van der Waals surface area contributed by atoms with Crippen LogP contribution in [0.5, 0.6) is 5.75 Å². The number of ether oxygens (including phenoxy) is 1. The van der Waals surface area contributed by atoms with E-state index in [1.807, 2.05) is 6.92 Å². The third-order valence-electron chi connectivity index (χ3n) is 1.71. The number of hydrogen-bond acceptors (Lipinski definition) is 3. The molecular weight excluding hydrogens is 236 g/mol. The monoisotopic (exact) mass is 245 g/mol. The van der Waals surface area contributed by atoms with Crippen molar-refractivity contribution in [1.82, 2.24) is 0 Å². The molecule has 3 nitrogen and oxygen atoms in total. The van der Waals surface area contributed by atoms with E-state index < -0.39 is 10.3 Å². The van der Waals surface area contributed by atoms with E-state index in [9.17, 15) is 8.42 Å². The summed E-state index contributed by atoms with van der Waals surface area (Å²) >= 11 is 5.88. The van der Waals surface area contributed by atoms with Crippen LogP contribution in [0, 0.1) is 6.07 Å². The van der Waals surface area contributed by atoms with Crippen LogP contribution in [-0.4, -0.2) is 20.4 Å². The summed E-state index contributed by atoms with van der Waals surface area (Å²) in [6.45, 7) is 2.31. The predicted octanol–water partition coefficient (Wildman–Crippen LogP) is 1.76. The van der Waals surface area contributed by atoms with Gasteiger partial charge in [0.15, 0.2) is 0 Å². The van der Waals surface area contributed by atoms with Gasteiger partial charge in [0.25, 0.3) is 0 Å². The molecule has 0 aliphatic rings. The zero-order valence-corrected chi connectivity index (χ0v) is 9.73. The van der Waals surface area contributed by atoms with Gasteiger partial charge in [-0.05, 0) is 6.92 Å². The van der Waals surface area contributed by atoms with Gasteiger partial charge in [0.1, 0.15) is 5.75 Å². The molecule has 0 heterocycles. The van der Waals surface area contributed by atoms with Gasteiger partial charge in [-0.2, -0.15) is 8.42 Å². The molecule has 81 valence electrons. The topological polar surface area (TPSA) is 43.4 Å². The molecule has 0 spiro atoms. The lowest BCUT2D eigenvalue weighted by molar-refractivity contribution is 0.337. The minimum Gasteiger partial charge on any atom is -0.492 e. The minimum atomic E-state index is -2.17. The molecule has 0 unspecified atom stereocenters. The number of hydrogen-bond donors (Lipinski definition) is 0. The molecule has 0 amide bonds. The highest BCUT2D eigenvalue weighted by Gasteiger charge is 2.06. The summed E-state index contributed by atoms with van der Waals surface area (Å²) in [6.07, 6.45) is 0.278. The highest BCUT2D eigenvalue weighted by atomic mass is 35.5. The molecule has 1 rings (SSSR count). The molecule has 0 aliphatic carbocycles. The molecule has 0 N–H and O–H groups in total. The first-order valence-corrected chi connectivity index (χ1v) is 5.90. The van der Waals surface area contributed by atoms with Gasteiger partial charge >= 0.3 is 0 Å². The Labute approximate surface area is 95.2 Å². The summed E-state index contributed by atoms with van der Waals surface area (Å²) in [5, 5.41) is 1.54. The summed E-state index contributed by atoms with van der Waals surface area (Å²) in [7, 11) is -2.17. The third-order valence-corrected chi connectivity index (χ3v) is 2.43. The Morgan fingerprint density at radius 2 is 2.33 bits per heavy atom. The van der Waals surface area contributed by atoms with Crippen molar-refractivity contribution in [3.63, 3.8) is 0 Å². The standard InChI is InChI=1S/C10H10ClO3S/c1-2-14-10-8(6-7-15(12)13)4-3-5-9(10)11/h3-4,7H,2,6H2,1H3. The third kappa shape index (κ3) is 3.57. The Balaban J connectivity index is 3.05. The van der Waals surface area contributed by atoms with Crippen LogP contribution in [0.15, 0.2) is 12.1 Å². The van der Waals surface area contributed by atoms with Crippen LogP contribution in [0.4, 0.5) is 0 Å². The van der Waals surface area contributed by atoms with Gasteiger partial charge in [0, 0.05) is 23.4 Å². The average molecular weight is 246 g/mol. The number of rotatable bonds is 4. The Morgan fingerprint density at radius 1 is 1.60 bits per heavy atom. The highest BCUT2D eigenvalue weighted by Crippen LogP contribution is 2.28. The predicted molar refractivity (Wildman–Crippen MR) is 60.1 cm³/mol. The van der Waals surface area contributed by atoms with Crippen molar-refractivity contribution in [2.24, 2.45) is 0 Å². The molecule has 0 bridgehead atoms. The van der Waals surface area contributed by atoms with Crippen molar-refractivity contribution in [3.8, 4) is 5.75 Å². The average Bonchev–Trinajstić information content (AvgIpc) is 2.19. The van der Waals surface area contributed by atoms with E-state index >= 15 is 0 Å². The maximum absolute atomic E-state index is 10.4. The molecule has 0 atom stereocenters. The maximum Gasteiger partial charge on any atom is 0.210 e. The smallest absolute Gasteiger partial charge is 0.210 e. The zero-order valence-electron chi connectivity index (χ0n) is 8.16. The first kappa shape index (κ1) is 12.1. The van der Waals surface area contributed by atoms with E-state index in [1.165, 1.54) is 0 Å². The van der Waals surface area contributed by atoms with Gasteiger partial charge in [-0.25, -0.2) is 0 Å². The van der Waals surface area contributed by atoms with Crippen LogP contribution in [0.1, 0.15) is 12.5 Å². The highest BCUT2D eigenvalue weighted by molar-refractivity contribution is 7.71. The second-order valence-electron chi connectivity index (χ2n) is 2.71. The molecule has 15 heavy (non-hydrogen) atoms. The van der Waals surface area contributed by atoms with Gasteiger partial charge in [0.05, 0.1) is 11.6 Å². The first-order valence-electron chi connectivity index (χ1n) is 4.38. The summed E-state index contributed by atoms with van der Waals surface area (Å²) in [5.74, 6) is 0.503. The van der Waals surface area contributed by atoms with Crippen molar-refractivity contribution in [2.45, 2.75) is 13.3 Å². The Bertz CT molecular complexity index is 458. The fourth-order valence-corrected chi connectivity index (χ4v) is 1.67. The fourth-order valence-electron chi connectivity index (χ4n) is 1.12. The molecule has 0 saturated heterocycles. The fraction of sp³-hybridized carbons (Fsp3) is 0.300. The SMILES string of the molecule is CCOc1c(Cl)[c]ccc1CC=S(=O)=O. The molecule has 5 heteroatoms. The summed E-state index contributed by atoms with van der Waals surface area (Å²) in [5.41, 5.74) is 0.741. The minimum absolute atomic E-state index is 0.278. The normalized spacial score (nSPS) is 9.73. The van der Waals surface area contributed by atoms with Crippen LogP contribution in [0.3, 0.4) is 0 Å². The molecule has 1 aromatic rings.